The lowest BCUT2D eigenvalue weighted by Crippen LogP contribution is -2.12. The normalized spacial score (nSPS) is 10.9. The summed E-state index contributed by atoms with van der Waals surface area (Å²) in [5.74, 6) is -0.888. The highest BCUT2D eigenvalue weighted by atomic mass is 19.3. The van der Waals surface area contributed by atoms with Gasteiger partial charge in [0.05, 0.1) is 6.61 Å². The van der Waals surface area contributed by atoms with Crippen LogP contribution in [0.4, 0.5) is 8.78 Å². The van der Waals surface area contributed by atoms with Gasteiger partial charge in [-0.2, -0.15) is 0 Å². The molecule has 0 amide bonds. The third-order valence-corrected chi connectivity index (χ3v) is 2.78. The number of carbonyl (C=O) groups excluding carboxylic acids is 1. The van der Waals surface area contributed by atoms with Gasteiger partial charge in [0.25, 0.3) is 6.43 Å². The molecule has 0 aromatic carbocycles. The van der Waals surface area contributed by atoms with E-state index in [4.69, 9.17) is 4.74 Å². The maximum absolute atomic E-state index is 13.1. The molecule has 0 spiro atoms. The fraction of sp³-hybridized carbons (Fsp3) is 0.385. The Kier molecular flexibility index (Phi) is 4.91. The SMILES string of the molecule is CCOC(=O)c1nnn(CCc2cccnc2)c1C(F)F. The number of hydrogen-bond donors (Lipinski definition) is 0. The van der Waals surface area contributed by atoms with Crippen molar-refractivity contribution in [2.24, 2.45) is 0 Å². The van der Waals surface area contributed by atoms with E-state index in [9.17, 15) is 13.6 Å². The van der Waals surface area contributed by atoms with Gasteiger partial charge in [0.2, 0.25) is 0 Å². The van der Waals surface area contributed by atoms with Crippen LogP contribution < -0.4 is 0 Å². The Balaban J connectivity index is 2.18. The Morgan fingerprint density at radius 2 is 2.29 bits per heavy atom. The molecule has 0 atom stereocenters. The van der Waals surface area contributed by atoms with Crippen LogP contribution in [-0.4, -0.2) is 32.6 Å². The van der Waals surface area contributed by atoms with Crippen molar-refractivity contribution in [1.82, 2.24) is 20.0 Å². The molecule has 0 aliphatic heterocycles. The van der Waals surface area contributed by atoms with E-state index in [1.807, 2.05) is 6.07 Å². The molecule has 2 aromatic rings. The maximum Gasteiger partial charge on any atom is 0.361 e. The summed E-state index contributed by atoms with van der Waals surface area (Å²) < 4.78 is 32.0. The molecule has 0 unspecified atom stereocenters. The summed E-state index contributed by atoms with van der Waals surface area (Å²) >= 11 is 0. The van der Waals surface area contributed by atoms with Crippen molar-refractivity contribution in [3.05, 3.63) is 41.5 Å². The largest absolute Gasteiger partial charge is 0.461 e. The summed E-state index contributed by atoms with van der Waals surface area (Å²) in [5.41, 5.74) is -0.0683. The molecule has 0 radical (unpaired) electrons. The molecule has 21 heavy (non-hydrogen) atoms. The standard InChI is InChI=1S/C13H14F2N4O2/c1-2-21-13(20)10-11(12(14)15)19(18-17-10)7-5-9-4-3-6-16-8-9/h3-4,6,8,12H,2,5,7H2,1H3. The first-order valence-corrected chi connectivity index (χ1v) is 6.41. The minimum atomic E-state index is -2.85. The molecule has 0 fully saturated rings. The Morgan fingerprint density at radius 3 is 2.90 bits per heavy atom. The van der Waals surface area contributed by atoms with E-state index in [1.165, 1.54) is 0 Å². The molecule has 8 heteroatoms. The third-order valence-electron chi connectivity index (χ3n) is 2.78. The molecule has 6 nitrogen and oxygen atoms in total. The Bertz CT molecular complexity index is 601. The second kappa shape index (κ2) is 6.87. The highest BCUT2D eigenvalue weighted by Crippen LogP contribution is 2.22. The smallest absolute Gasteiger partial charge is 0.361 e. The van der Waals surface area contributed by atoms with E-state index < -0.39 is 23.8 Å². The third kappa shape index (κ3) is 3.59. The average Bonchev–Trinajstić information content (AvgIpc) is 2.90. The predicted octanol–water partition coefficient (Wildman–Crippen LogP) is 2.03. The van der Waals surface area contributed by atoms with Crippen molar-refractivity contribution in [2.75, 3.05) is 6.61 Å². The van der Waals surface area contributed by atoms with Crippen molar-refractivity contribution in [2.45, 2.75) is 26.3 Å². The molecule has 112 valence electrons. The fourth-order valence-corrected chi connectivity index (χ4v) is 1.83. The van der Waals surface area contributed by atoms with Gasteiger partial charge < -0.3 is 4.74 Å². The van der Waals surface area contributed by atoms with Crippen molar-refractivity contribution in [3.8, 4) is 0 Å². The molecule has 0 bridgehead atoms. The number of rotatable bonds is 6. The van der Waals surface area contributed by atoms with E-state index in [1.54, 1.807) is 25.4 Å². The summed E-state index contributed by atoms with van der Waals surface area (Å²) in [6, 6.07) is 3.59. The van der Waals surface area contributed by atoms with Gasteiger partial charge in [-0.05, 0) is 25.0 Å². The van der Waals surface area contributed by atoms with Crippen LogP contribution in [0, 0.1) is 0 Å². The number of nitrogens with zero attached hydrogens (tertiary/aromatic N) is 4. The lowest BCUT2D eigenvalue weighted by atomic mass is 10.2. The fourth-order valence-electron chi connectivity index (χ4n) is 1.83. The van der Waals surface area contributed by atoms with Gasteiger partial charge in [-0.3, -0.25) is 4.98 Å². The van der Waals surface area contributed by atoms with Gasteiger partial charge in [-0.25, -0.2) is 18.3 Å². The van der Waals surface area contributed by atoms with Gasteiger partial charge in [0.1, 0.15) is 5.69 Å². The minimum Gasteiger partial charge on any atom is -0.461 e. The highest BCUT2D eigenvalue weighted by Gasteiger charge is 2.27. The van der Waals surface area contributed by atoms with Crippen LogP contribution in [0.1, 0.15) is 35.1 Å². The molecule has 0 N–H and O–H groups in total. The monoisotopic (exact) mass is 296 g/mol. The lowest BCUT2D eigenvalue weighted by molar-refractivity contribution is 0.0506. The van der Waals surface area contributed by atoms with Crippen molar-refractivity contribution < 1.29 is 18.3 Å². The Morgan fingerprint density at radius 1 is 1.48 bits per heavy atom. The highest BCUT2D eigenvalue weighted by molar-refractivity contribution is 5.88. The average molecular weight is 296 g/mol. The first-order valence-electron chi connectivity index (χ1n) is 6.41. The summed E-state index contributed by atoms with van der Waals surface area (Å²) in [6.45, 7) is 1.86. The second-order valence-electron chi connectivity index (χ2n) is 4.18. The van der Waals surface area contributed by atoms with Crippen LogP contribution in [0.15, 0.2) is 24.5 Å². The Labute approximate surface area is 119 Å². The number of halogens is 2. The molecule has 2 rings (SSSR count). The van der Waals surface area contributed by atoms with E-state index in [-0.39, 0.29) is 13.2 Å². The van der Waals surface area contributed by atoms with E-state index >= 15 is 0 Å². The lowest BCUT2D eigenvalue weighted by Gasteiger charge is -2.07. The first-order chi connectivity index (χ1) is 10.1. The van der Waals surface area contributed by atoms with Crippen molar-refractivity contribution in [3.63, 3.8) is 0 Å². The van der Waals surface area contributed by atoms with Crippen LogP contribution in [0.2, 0.25) is 0 Å². The number of alkyl halides is 2. The summed E-state index contributed by atoms with van der Waals surface area (Å²) in [7, 11) is 0. The maximum atomic E-state index is 13.1. The first kappa shape index (κ1) is 15.0. The van der Waals surface area contributed by atoms with Gasteiger partial charge in [0, 0.05) is 18.9 Å². The van der Waals surface area contributed by atoms with E-state index in [0.29, 0.717) is 6.42 Å². The van der Waals surface area contributed by atoms with Gasteiger partial charge in [-0.1, -0.05) is 11.3 Å². The molecule has 0 aliphatic carbocycles. The summed E-state index contributed by atoms with van der Waals surface area (Å²) in [5, 5.41) is 7.13. The van der Waals surface area contributed by atoms with Crippen LogP contribution in [0.3, 0.4) is 0 Å². The van der Waals surface area contributed by atoms with Crippen LogP contribution in [0.5, 0.6) is 0 Å². The summed E-state index contributed by atoms with van der Waals surface area (Å²) in [6.07, 6.45) is 0.876. The second-order valence-corrected chi connectivity index (χ2v) is 4.18. The van der Waals surface area contributed by atoms with Crippen LogP contribution >= 0.6 is 0 Å². The number of ether oxygens (including phenoxy) is 1. The Hall–Kier alpha value is -2.38. The molecule has 0 saturated heterocycles. The van der Waals surface area contributed by atoms with E-state index in [0.717, 1.165) is 10.2 Å². The summed E-state index contributed by atoms with van der Waals surface area (Å²) in [4.78, 5) is 15.5. The molecule has 2 heterocycles. The van der Waals surface area contributed by atoms with Gasteiger partial charge in [-0.15, -0.1) is 5.10 Å². The zero-order valence-electron chi connectivity index (χ0n) is 11.4. The number of aryl methyl sites for hydroxylation is 2. The zero-order chi connectivity index (χ0) is 15.2. The zero-order valence-corrected chi connectivity index (χ0v) is 11.4. The number of hydrogen-bond acceptors (Lipinski definition) is 5. The molecular formula is C13H14F2N4O2. The molecule has 2 aromatic heterocycles. The predicted molar refractivity (Wildman–Crippen MR) is 68.9 cm³/mol. The van der Waals surface area contributed by atoms with Crippen LogP contribution in [0.25, 0.3) is 0 Å². The number of aromatic nitrogens is 4. The molecular weight excluding hydrogens is 282 g/mol. The van der Waals surface area contributed by atoms with E-state index in [2.05, 4.69) is 15.3 Å². The molecule has 0 saturated carbocycles. The number of pyridine rings is 1. The van der Waals surface area contributed by atoms with Crippen molar-refractivity contribution in [1.29, 1.82) is 0 Å². The van der Waals surface area contributed by atoms with Crippen LogP contribution in [-0.2, 0) is 17.7 Å². The van der Waals surface area contributed by atoms with Gasteiger partial charge in [0.15, 0.2) is 5.69 Å². The topological polar surface area (TPSA) is 69.9 Å². The van der Waals surface area contributed by atoms with Crippen molar-refractivity contribution >= 4 is 5.97 Å². The number of esters is 1. The number of carbonyl (C=O) groups is 1. The quantitative estimate of drug-likeness (QED) is 0.763. The molecule has 0 aliphatic rings. The minimum absolute atomic E-state index is 0.0874. The van der Waals surface area contributed by atoms with Gasteiger partial charge >= 0.3 is 5.97 Å².